The third-order valence-corrected chi connectivity index (χ3v) is 3.32. The summed E-state index contributed by atoms with van der Waals surface area (Å²) in [5.41, 5.74) is 8.61. The van der Waals surface area contributed by atoms with Gasteiger partial charge in [0.15, 0.2) is 0 Å². The summed E-state index contributed by atoms with van der Waals surface area (Å²) in [6.45, 7) is 3.70. The lowest BCUT2D eigenvalue weighted by Gasteiger charge is -2.33. The summed E-state index contributed by atoms with van der Waals surface area (Å²) in [5.74, 6) is 0. The van der Waals surface area contributed by atoms with Crippen molar-refractivity contribution in [1.82, 2.24) is 4.98 Å². The van der Waals surface area contributed by atoms with Crippen molar-refractivity contribution in [3.05, 3.63) is 29.6 Å². The lowest BCUT2D eigenvalue weighted by atomic mass is 9.86. The number of ether oxygens (including phenoxy) is 1. The van der Waals surface area contributed by atoms with E-state index in [1.165, 1.54) is 5.56 Å². The van der Waals surface area contributed by atoms with Crippen molar-refractivity contribution in [2.75, 3.05) is 13.2 Å². The molecule has 1 saturated heterocycles. The number of rotatable bonds is 3. The second kappa shape index (κ2) is 4.93. The summed E-state index contributed by atoms with van der Waals surface area (Å²) in [6.07, 6.45) is 5.72. The van der Waals surface area contributed by atoms with Gasteiger partial charge in [0.2, 0.25) is 0 Å². The molecular weight excluding hydrogens is 200 g/mol. The largest absolute Gasteiger partial charge is 0.381 e. The monoisotopic (exact) mass is 220 g/mol. The summed E-state index contributed by atoms with van der Waals surface area (Å²) in [5, 5.41) is 0. The van der Waals surface area contributed by atoms with E-state index >= 15 is 0 Å². The van der Waals surface area contributed by atoms with E-state index < -0.39 is 0 Å². The smallest absolute Gasteiger partial charge is 0.0483 e. The van der Waals surface area contributed by atoms with Crippen molar-refractivity contribution in [2.24, 2.45) is 5.73 Å². The normalized spacial score (nSPS) is 19.6. The molecule has 0 unspecified atom stereocenters. The lowest BCUT2D eigenvalue weighted by molar-refractivity contribution is 0.0530. The van der Waals surface area contributed by atoms with E-state index in [4.69, 9.17) is 10.5 Å². The van der Waals surface area contributed by atoms with Crippen LogP contribution in [0.15, 0.2) is 18.3 Å². The first-order valence-corrected chi connectivity index (χ1v) is 6.02. The van der Waals surface area contributed by atoms with Crippen LogP contribution in [0.3, 0.4) is 0 Å². The average molecular weight is 220 g/mol. The second-order valence-electron chi connectivity index (χ2n) is 4.66. The van der Waals surface area contributed by atoms with Gasteiger partial charge in [-0.1, -0.05) is 13.0 Å². The Hall–Kier alpha value is -0.930. The fraction of sp³-hybridized carbons (Fsp3) is 0.615. The van der Waals surface area contributed by atoms with Crippen LogP contribution in [0.1, 0.15) is 31.0 Å². The minimum absolute atomic E-state index is 0.112. The number of pyridine rings is 1. The van der Waals surface area contributed by atoms with E-state index in [9.17, 15) is 0 Å². The highest BCUT2D eigenvalue weighted by Gasteiger charge is 2.28. The molecule has 0 aromatic carbocycles. The van der Waals surface area contributed by atoms with Gasteiger partial charge in [0, 0.05) is 37.1 Å². The predicted octanol–water partition coefficient (Wildman–Crippen LogP) is 1.69. The van der Waals surface area contributed by atoms with E-state index in [0.717, 1.165) is 44.6 Å². The highest BCUT2D eigenvalue weighted by Crippen LogP contribution is 2.21. The summed E-state index contributed by atoms with van der Waals surface area (Å²) in [4.78, 5) is 4.47. The van der Waals surface area contributed by atoms with Crippen LogP contribution in [-0.2, 0) is 17.6 Å². The maximum atomic E-state index is 6.34. The van der Waals surface area contributed by atoms with Crippen LogP contribution >= 0.6 is 0 Å². The first-order chi connectivity index (χ1) is 7.72. The Labute approximate surface area is 97.0 Å². The number of hydrogen-bond acceptors (Lipinski definition) is 3. The SMILES string of the molecule is CCc1ccc(CC2(N)CCOCC2)nc1. The molecule has 0 amide bonds. The Balaban J connectivity index is 2.01. The number of nitrogens with zero attached hydrogens (tertiary/aromatic N) is 1. The van der Waals surface area contributed by atoms with Crippen molar-refractivity contribution < 1.29 is 4.74 Å². The quantitative estimate of drug-likeness (QED) is 0.843. The summed E-state index contributed by atoms with van der Waals surface area (Å²) in [7, 11) is 0. The molecule has 16 heavy (non-hydrogen) atoms. The third kappa shape index (κ3) is 2.80. The van der Waals surface area contributed by atoms with Crippen LogP contribution in [0.4, 0.5) is 0 Å². The zero-order valence-electron chi connectivity index (χ0n) is 9.91. The molecule has 1 aromatic rings. The lowest BCUT2D eigenvalue weighted by Crippen LogP contribution is -2.47. The molecule has 0 aliphatic carbocycles. The standard InChI is InChI=1S/C13H20N2O/c1-2-11-3-4-12(15-10-11)9-13(14)5-7-16-8-6-13/h3-4,10H,2,5-9,14H2,1H3. The predicted molar refractivity (Wildman–Crippen MR) is 64.3 cm³/mol. The van der Waals surface area contributed by atoms with E-state index in [1.807, 2.05) is 6.20 Å². The Morgan fingerprint density at radius 3 is 2.69 bits per heavy atom. The molecule has 0 radical (unpaired) electrons. The number of hydrogen-bond donors (Lipinski definition) is 1. The Kier molecular flexibility index (Phi) is 3.56. The van der Waals surface area contributed by atoms with Crippen molar-refractivity contribution in [3.8, 4) is 0 Å². The topological polar surface area (TPSA) is 48.1 Å². The zero-order valence-corrected chi connectivity index (χ0v) is 9.91. The highest BCUT2D eigenvalue weighted by molar-refractivity contribution is 5.16. The molecular formula is C13H20N2O. The van der Waals surface area contributed by atoms with Crippen LogP contribution in [-0.4, -0.2) is 23.7 Å². The fourth-order valence-corrected chi connectivity index (χ4v) is 2.08. The van der Waals surface area contributed by atoms with Crippen molar-refractivity contribution in [2.45, 2.75) is 38.1 Å². The molecule has 3 heteroatoms. The van der Waals surface area contributed by atoms with Gasteiger partial charge in [-0.05, 0) is 30.9 Å². The van der Waals surface area contributed by atoms with Gasteiger partial charge in [-0.15, -0.1) is 0 Å². The highest BCUT2D eigenvalue weighted by atomic mass is 16.5. The number of aryl methyl sites for hydroxylation is 1. The van der Waals surface area contributed by atoms with Gasteiger partial charge < -0.3 is 10.5 Å². The summed E-state index contributed by atoms with van der Waals surface area (Å²) in [6, 6.07) is 4.24. The first-order valence-electron chi connectivity index (χ1n) is 6.02. The molecule has 3 nitrogen and oxygen atoms in total. The Bertz CT molecular complexity index is 328. The van der Waals surface area contributed by atoms with Crippen molar-refractivity contribution in [3.63, 3.8) is 0 Å². The van der Waals surface area contributed by atoms with Crippen molar-refractivity contribution >= 4 is 0 Å². The van der Waals surface area contributed by atoms with E-state index in [-0.39, 0.29) is 5.54 Å². The number of aromatic nitrogens is 1. The number of nitrogens with two attached hydrogens (primary N) is 1. The molecule has 0 atom stereocenters. The molecule has 1 aliphatic heterocycles. The van der Waals surface area contributed by atoms with Crippen LogP contribution in [0.5, 0.6) is 0 Å². The molecule has 0 saturated carbocycles. The molecule has 1 aliphatic rings. The van der Waals surface area contributed by atoms with Gasteiger partial charge in [0.25, 0.3) is 0 Å². The van der Waals surface area contributed by atoms with Gasteiger partial charge in [-0.2, -0.15) is 0 Å². The van der Waals surface area contributed by atoms with Crippen molar-refractivity contribution in [1.29, 1.82) is 0 Å². The molecule has 88 valence electrons. The molecule has 2 rings (SSSR count). The van der Waals surface area contributed by atoms with Crippen LogP contribution in [0, 0.1) is 0 Å². The maximum absolute atomic E-state index is 6.34. The van der Waals surface area contributed by atoms with Crippen LogP contribution < -0.4 is 5.73 Å². The summed E-state index contributed by atoms with van der Waals surface area (Å²) < 4.78 is 5.34. The molecule has 0 spiro atoms. The van der Waals surface area contributed by atoms with Gasteiger partial charge in [-0.25, -0.2) is 0 Å². The second-order valence-corrected chi connectivity index (χ2v) is 4.66. The van der Waals surface area contributed by atoms with E-state index in [2.05, 4.69) is 24.0 Å². The Morgan fingerprint density at radius 1 is 1.38 bits per heavy atom. The molecule has 1 aromatic heterocycles. The first kappa shape index (κ1) is 11.6. The van der Waals surface area contributed by atoms with E-state index in [0.29, 0.717) is 0 Å². The summed E-state index contributed by atoms with van der Waals surface area (Å²) >= 11 is 0. The minimum Gasteiger partial charge on any atom is -0.381 e. The maximum Gasteiger partial charge on any atom is 0.0483 e. The Morgan fingerprint density at radius 2 is 2.12 bits per heavy atom. The fourth-order valence-electron chi connectivity index (χ4n) is 2.08. The average Bonchev–Trinajstić information content (AvgIpc) is 2.30. The van der Waals surface area contributed by atoms with Gasteiger partial charge >= 0.3 is 0 Å². The molecule has 0 bridgehead atoms. The van der Waals surface area contributed by atoms with Gasteiger partial charge in [0.05, 0.1) is 0 Å². The minimum atomic E-state index is -0.112. The zero-order chi connectivity index (χ0) is 11.4. The van der Waals surface area contributed by atoms with Crippen LogP contribution in [0.2, 0.25) is 0 Å². The molecule has 2 N–H and O–H groups in total. The van der Waals surface area contributed by atoms with Gasteiger partial charge in [0.1, 0.15) is 0 Å². The van der Waals surface area contributed by atoms with Gasteiger partial charge in [-0.3, -0.25) is 4.98 Å². The molecule has 2 heterocycles. The third-order valence-electron chi connectivity index (χ3n) is 3.32. The molecule has 1 fully saturated rings. The van der Waals surface area contributed by atoms with Crippen LogP contribution in [0.25, 0.3) is 0 Å². The van der Waals surface area contributed by atoms with E-state index in [1.54, 1.807) is 0 Å².